The molecule has 0 aromatic heterocycles. The van der Waals surface area contributed by atoms with E-state index >= 15 is 4.39 Å². The molecule has 0 aliphatic rings. The molecule has 1 amide bonds. The van der Waals surface area contributed by atoms with Crippen molar-refractivity contribution >= 4 is 17.8 Å². The minimum atomic E-state index is -0.621. The minimum Gasteiger partial charge on any atom is -0.355 e. The third-order valence-corrected chi connectivity index (χ3v) is 5.05. The van der Waals surface area contributed by atoms with E-state index in [1.54, 1.807) is 58.9 Å². The third kappa shape index (κ3) is 6.45. The number of likely N-dealkylation sites (N-methyl/N-ethyl adjacent to an activating group) is 1. The van der Waals surface area contributed by atoms with E-state index in [-0.39, 0.29) is 28.5 Å². The average molecular weight is 428 g/mol. The fourth-order valence-electron chi connectivity index (χ4n) is 3.15. The van der Waals surface area contributed by atoms with Gasteiger partial charge in [-0.25, -0.2) is 8.78 Å². The van der Waals surface area contributed by atoms with Gasteiger partial charge in [0.25, 0.3) is 5.91 Å². The summed E-state index contributed by atoms with van der Waals surface area (Å²) in [5.41, 5.74) is 3.30. The number of aryl methyl sites for hydroxylation is 1. The Morgan fingerprint density at radius 2 is 1.74 bits per heavy atom. The summed E-state index contributed by atoms with van der Waals surface area (Å²) in [6, 6.07) is 4.96. The lowest BCUT2D eigenvalue weighted by Gasteiger charge is -2.21. The van der Waals surface area contributed by atoms with Crippen LogP contribution in [0.2, 0.25) is 0 Å². The predicted molar refractivity (Wildman–Crippen MR) is 124 cm³/mol. The molecule has 1 rings (SSSR count). The normalized spacial score (nSPS) is 14.1. The molecule has 1 aromatic carbocycles. The van der Waals surface area contributed by atoms with E-state index < -0.39 is 11.7 Å². The van der Waals surface area contributed by atoms with Crippen molar-refractivity contribution in [3.8, 4) is 0 Å². The zero-order valence-corrected chi connectivity index (χ0v) is 19.3. The molecule has 166 valence electrons. The molecule has 0 atom stereocenters. The van der Waals surface area contributed by atoms with Crippen LogP contribution < -0.4 is 5.32 Å². The lowest BCUT2D eigenvalue weighted by Crippen LogP contribution is -2.24. The van der Waals surface area contributed by atoms with Gasteiger partial charge >= 0.3 is 0 Å². The van der Waals surface area contributed by atoms with Crippen LogP contribution in [0.5, 0.6) is 0 Å². The van der Waals surface area contributed by atoms with Crippen molar-refractivity contribution in [2.24, 2.45) is 5.92 Å². The van der Waals surface area contributed by atoms with Gasteiger partial charge in [-0.2, -0.15) is 0 Å². The van der Waals surface area contributed by atoms with Gasteiger partial charge in [0.1, 0.15) is 12.1 Å². The van der Waals surface area contributed by atoms with E-state index in [9.17, 15) is 14.0 Å². The number of rotatable bonds is 8. The first-order chi connectivity index (χ1) is 14.5. The summed E-state index contributed by atoms with van der Waals surface area (Å²) in [7, 11) is 1.47. The lowest BCUT2D eigenvalue weighted by molar-refractivity contribution is -0.116. The molecule has 0 saturated heterocycles. The van der Waals surface area contributed by atoms with Gasteiger partial charge < -0.3 is 5.32 Å². The van der Waals surface area contributed by atoms with Gasteiger partial charge in [-0.15, -0.1) is 0 Å². The van der Waals surface area contributed by atoms with E-state index in [2.05, 4.69) is 11.9 Å². The Morgan fingerprint density at radius 1 is 1.13 bits per heavy atom. The number of hydrogen-bond donors (Lipinski definition) is 1. The summed E-state index contributed by atoms with van der Waals surface area (Å²) < 4.78 is 29.1. The third-order valence-electron chi connectivity index (χ3n) is 5.05. The number of halogens is 2. The fourth-order valence-corrected chi connectivity index (χ4v) is 3.15. The Morgan fingerprint density at radius 3 is 2.23 bits per heavy atom. The van der Waals surface area contributed by atoms with Gasteiger partial charge in [0.05, 0.1) is 5.83 Å². The van der Waals surface area contributed by atoms with Crippen LogP contribution in [-0.2, 0) is 4.79 Å². The molecule has 0 heterocycles. The first-order valence-corrected chi connectivity index (χ1v) is 10.1. The molecule has 0 saturated carbocycles. The SMILES string of the molecule is C=C(/C(F)=C(/C(C(=O)NC)=C(C)/C(C)=C/C=C(\C)F)C(C)C)c1cc(C=O)ccc1C. The topological polar surface area (TPSA) is 46.2 Å². The molecule has 0 aliphatic heterocycles. The average Bonchev–Trinajstić information content (AvgIpc) is 2.73. The number of hydrogen-bond acceptors (Lipinski definition) is 2. The predicted octanol–water partition coefficient (Wildman–Crippen LogP) is 6.58. The maximum Gasteiger partial charge on any atom is 0.251 e. The second-order valence-electron chi connectivity index (χ2n) is 7.74. The van der Waals surface area contributed by atoms with Crippen molar-refractivity contribution in [1.29, 1.82) is 0 Å². The molecule has 0 fully saturated rings. The highest BCUT2D eigenvalue weighted by Gasteiger charge is 2.26. The Hall–Kier alpha value is -3.08. The Bertz CT molecular complexity index is 1000. The smallest absolute Gasteiger partial charge is 0.251 e. The Balaban J connectivity index is 3.85. The summed E-state index contributed by atoms with van der Waals surface area (Å²) in [5.74, 6) is -1.79. The highest BCUT2D eigenvalue weighted by molar-refractivity contribution is 6.00. The van der Waals surface area contributed by atoms with Gasteiger partial charge in [-0.1, -0.05) is 38.6 Å². The van der Waals surface area contributed by atoms with Crippen LogP contribution in [0.1, 0.15) is 56.1 Å². The molecule has 5 heteroatoms. The molecule has 31 heavy (non-hydrogen) atoms. The first-order valence-electron chi connectivity index (χ1n) is 10.1. The highest BCUT2D eigenvalue weighted by Crippen LogP contribution is 2.36. The zero-order valence-electron chi connectivity index (χ0n) is 19.3. The second kappa shape index (κ2) is 11.3. The van der Waals surface area contributed by atoms with E-state index in [0.29, 0.717) is 28.6 Å². The summed E-state index contributed by atoms with van der Waals surface area (Å²) in [6.45, 7) is 14.1. The van der Waals surface area contributed by atoms with Crippen molar-refractivity contribution in [1.82, 2.24) is 5.32 Å². The lowest BCUT2D eigenvalue weighted by atomic mass is 9.85. The standard InChI is InChI=1S/C26H31F2NO2/c1-15(2)23(24(26(31)29-8)19(6)16(3)9-11-18(5)27)25(28)20(7)22-13-21(14-30)12-10-17(22)4/h9-15H,7H2,1-6,8H3,(H,29,31)/b16-9+,18-11+,24-19-,25-23-. The molecule has 3 nitrogen and oxygen atoms in total. The van der Waals surface area contributed by atoms with Gasteiger partial charge in [-0.3, -0.25) is 9.59 Å². The number of benzene rings is 1. The van der Waals surface area contributed by atoms with Gasteiger partial charge in [0, 0.05) is 29.3 Å². The van der Waals surface area contributed by atoms with Gasteiger partial charge in [0.2, 0.25) is 0 Å². The number of allylic oxidation sites excluding steroid dienone is 7. The highest BCUT2D eigenvalue weighted by atomic mass is 19.1. The van der Waals surface area contributed by atoms with Crippen molar-refractivity contribution in [3.63, 3.8) is 0 Å². The van der Waals surface area contributed by atoms with Crippen LogP contribution in [0.4, 0.5) is 8.78 Å². The molecule has 1 N–H and O–H groups in total. The van der Waals surface area contributed by atoms with Crippen LogP contribution in [-0.4, -0.2) is 19.2 Å². The Labute approximate surface area is 183 Å². The molecule has 0 aliphatic carbocycles. The van der Waals surface area contributed by atoms with Crippen molar-refractivity contribution in [2.45, 2.75) is 41.5 Å². The van der Waals surface area contributed by atoms with Crippen molar-refractivity contribution in [2.75, 3.05) is 7.05 Å². The zero-order chi connectivity index (χ0) is 23.9. The van der Waals surface area contributed by atoms with Crippen LogP contribution in [0, 0.1) is 12.8 Å². The molecular formula is C26H31F2NO2. The van der Waals surface area contributed by atoms with Crippen LogP contribution >= 0.6 is 0 Å². The van der Waals surface area contributed by atoms with E-state index in [1.807, 2.05) is 0 Å². The molecule has 0 radical (unpaired) electrons. The van der Waals surface area contributed by atoms with Crippen LogP contribution in [0.15, 0.2) is 70.9 Å². The number of carbonyl (C=O) groups excluding carboxylic acids is 2. The van der Waals surface area contributed by atoms with E-state index in [1.165, 1.54) is 20.0 Å². The monoisotopic (exact) mass is 427 g/mol. The summed E-state index contributed by atoms with van der Waals surface area (Å²) in [4.78, 5) is 24.0. The summed E-state index contributed by atoms with van der Waals surface area (Å²) in [5, 5.41) is 2.57. The van der Waals surface area contributed by atoms with Crippen molar-refractivity contribution < 1.29 is 18.4 Å². The van der Waals surface area contributed by atoms with E-state index in [4.69, 9.17) is 0 Å². The fraction of sp³-hybridized carbons (Fsp3) is 0.308. The second-order valence-corrected chi connectivity index (χ2v) is 7.74. The molecule has 0 bridgehead atoms. The minimum absolute atomic E-state index is 0.0974. The first kappa shape index (κ1) is 26.0. The molecule has 1 aromatic rings. The molecule has 0 unspecified atom stereocenters. The summed E-state index contributed by atoms with van der Waals surface area (Å²) in [6.07, 6.45) is 3.54. The van der Waals surface area contributed by atoms with Crippen LogP contribution in [0.3, 0.4) is 0 Å². The molecular weight excluding hydrogens is 396 g/mol. The van der Waals surface area contributed by atoms with Gasteiger partial charge in [0.15, 0.2) is 0 Å². The number of nitrogens with one attached hydrogen (secondary N) is 1. The summed E-state index contributed by atoms with van der Waals surface area (Å²) >= 11 is 0. The number of aldehydes is 1. The van der Waals surface area contributed by atoms with Gasteiger partial charge in [-0.05, 0) is 68.0 Å². The quantitative estimate of drug-likeness (QED) is 0.289. The van der Waals surface area contributed by atoms with E-state index in [0.717, 1.165) is 5.56 Å². The van der Waals surface area contributed by atoms with Crippen LogP contribution in [0.25, 0.3) is 5.57 Å². The Kier molecular flexibility index (Phi) is 9.50. The van der Waals surface area contributed by atoms with Crippen molar-refractivity contribution in [3.05, 3.63) is 87.6 Å². The number of amides is 1. The maximum atomic E-state index is 15.9. The maximum absolute atomic E-state index is 15.9. The number of carbonyl (C=O) groups is 2. The molecule has 0 spiro atoms. The largest absolute Gasteiger partial charge is 0.355 e.